The first-order valence-electron chi connectivity index (χ1n) is 8.79. The molecular weight excluding hydrogens is 394 g/mol. The third-order valence-corrected chi connectivity index (χ3v) is 6.66. The first-order chi connectivity index (χ1) is 13.4. The second-order valence-corrected chi connectivity index (χ2v) is 8.50. The van der Waals surface area contributed by atoms with E-state index in [2.05, 4.69) is 29.1 Å². The van der Waals surface area contributed by atoms with E-state index < -0.39 is 0 Å². The maximum atomic E-state index is 12.5. The van der Waals surface area contributed by atoms with Gasteiger partial charge in [-0.05, 0) is 44.5 Å². The fraction of sp³-hybridized carbons (Fsp3) is 0.350. The smallest absolute Gasteiger partial charge is 0.230 e. The number of ether oxygens (including phenoxy) is 2. The number of amides is 1. The van der Waals surface area contributed by atoms with Gasteiger partial charge >= 0.3 is 0 Å². The van der Waals surface area contributed by atoms with Crippen molar-refractivity contribution in [3.8, 4) is 11.5 Å². The Morgan fingerprint density at radius 2 is 2.04 bits per heavy atom. The number of carbonyl (C=O) groups is 1. The zero-order valence-electron chi connectivity index (χ0n) is 16.5. The van der Waals surface area contributed by atoms with Crippen LogP contribution >= 0.6 is 23.1 Å². The van der Waals surface area contributed by atoms with E-state index in [0.717, 1.165) is 26.6 Å². The highest BCUT2D eigenvalue weighted by molar-refractivity contribution is 8.00. The minimum absolute atomic E-state index is 0.0706. The van der Waals surface area contributed by atoms with Gasteiger partial charge in [0.1, 0.15) is 27.7 Å². The molecule has 1 aromatic carbocycles. The number of aryl methyl sites for hydroxylation is 2. The average molecular weight is 418 g/mol. The highest BCUT2D eigenvalue weighted by atomic mass is 32.2. The van der Waals surface area contributed by atoms with E-state index in [9.17, 15) is 4.79 Å². The Bertz CT molecular complexity index is 1000. The van der Waals surface area contributed by atoms with E-state index in [1.54, 1.807) is 31.9 Å². The van der Waals surface area contributed by atoms with Gasteiger partial charge in [-0.1, -0.05) is 11.8 Å². The number of thioether (sulfide) groups is 1. The number of carbonyl (C=O) groups excluding carboxylic acids is 1. The van der Waals surface area contributed by atoms with Crippen molar-refractivity contribution in [2.75, 3.05) is 20.0 Å². The quantitative estimate of drug-likeness (QED) is 0.457. The van der Waals surface area contributed by atoms with Gasteiger partial charge in [0.25, 0.3) is 0 Å². The Balaban J connectivity index is 1.70. The summed E-state index contributed by atoms with van der Waals surface area (Å²) in [6.45, 7) is 6.07. The van der Waals surface area contributed by atoms with Crippen molar-refractivity contribution in [1.29, 1.82) is 0 Å². The number of rotatable bonds is 7. The molecule has 0 saturated carbocycles. The lowest BCUT2D eigenvalue weighted by Gasteiger charge is -2.18. The van der Waals surface area contributed by atoms with Crippen LogP contribution in [0.4, 0.5) is 0 Å². The number of hydrogen-bond acceptors (Lipinski definition) is 7. The number of nitrogens with one attached hydrogen (secondary N) is 1. The van der Waals surface area contributed by atoms with Crippen LogP contribution in [0.15, 0.2) is 29.6 Å². The van der Waals surface area contributed by atoms with E-state index in [1.807, 2.05) is 25.1 Å². The summed E-state index contributed by atoms with van der Waals surface area (Å²) in [5, 5.41) is 4.91. The first-order valence-corrected chi connectivity index (χ1v) is 10.6. The maximum Gasteiger partial charge on any atom is 0.230 e. The van der Waals surface area contributed by atoms with Crippen LogP contribution in [0.1, 0.15) is 29.0 Å². The molecule has 28 heavy (non-hydrogen) atoms. The lowest BCUT2D eigenvalue weighted by Crippen LogP contribution is -2.28. The normalized spacial score (nSPS) is 12.0. The Morgan fingerprint density at radius 3 is 2.75 bits per heavy atom. The van der Waals surface area contributed by atoms with Gasteiger partial charge in [-0.25, -0.2) is 9.97 Å². The summed E-state index contributed by atoms with van der Waals surface area (Å²) in [4.78, 5) is 23.4. The zero-order chi connectivity index (χ0) is 20.3. The first kappa shape index (κ1) is 20.4. The van der Waals surface area contributed by atoms with Crippen LogP contribution in [-0.2, 0) is 4.79 Å². The van der Waals surface area contributed by atoms with Crippen molar-refractivity contribution in [2.45, 2.75) is 31.8 Å². The number of nitrogens with zero attached hydrogens (tertiary/aromatic N) is 2. The van der Waals surface area contributed by atoms with Gasteiger partial charge in [-0.15, -0.1) is 11.3 Å². The predicted octanol–water partition coefficient (Wildman–Crippen LogP) is 4.29. The van der Waals surface area contributed by atoms with Crippen LogP contribution in [-0.4, -0.2) is 35.8 Å². The SMILES string of the molecule is COc1ccc(OC)c(C(C)NC(=O)CSc2ncnc3sc(C)c(C)c23)c1. The molecule has 0 radical (unpaired) electrons. The van der Waals surface area contributed by atoms with Gasteiger partial charge in [-0.3, -0.25) is 4.79 Å². The van der Waals surface area contributed by atoms with Gasteiger partial charge < -0.3 is 14.8 Å². The Morgan fingerprint density at radius 1 is 1.25 bits per heavy atom. The van der Waals surface area contributed by atoms with Crippen LogP contribution in [0.5, 0.6) is 11.5 Å². The van der Waals surface area contributed by atoms with Gasteiger partial charge in [-0.2, -0.15) is 0 Å². The fourth-order valence-corrected chi connectivity index (χ4v) is 4.86. The lowest BCUT2D eigenvalue weighted by molar-refractivity contribution is -0.119. The highest BCUT2D eigenvalue weighted by Gasteiger charge is 2.17. The number of hydrogen-bond donors (Lipinski definition) is 1. The van der Waals surface area contributed by atoms with Gasteiger partial charge in [0.05, 0.1) is 26.0 Å². The Hall–Kier alpha value is -2.32. The van der Waals surface area contributed by atoms with Crippen LogP contribution in [0.2, 0.25) is 0 Å². The molecule has 3 aromatic rings. The van der Waals surface area contributed by atoms with Crippen molar-refractivity contribution >= 4 is 39.2 Å². The van der Waals surface area contributed by atoms with Gasteiger partial charge in [0.15, 0.2) is 0 Å². The monoisotopic (exact) mass is 417 g/mol. The number of thiophene rings is 1. The molecule has 2 heterocycles. The summed E-state index contributed by atoms with van der Waals surface area (Å²) in [6, 6.07) is 5.33. The second-order valence-electron chi connectivity index (χ2n) is 6.33. The van der Waals surface area contributed by atoms with E-state index in [-0.39, 0.29) is 17.7 Å². The third kappa shape index (κ3) is 4.23. The molecule has 148 valence electrons. The summed E-state index contributed by atoms with van der Waals surface area (Å²) in [5.41, 5.74) is 2.05. The molecule has 1 unspecified atom stereocenters. The summed E-state index contributed by atoms with van der Waals surface area (Å²) >= 11 is 3.08. The molecule has 0 aliphatic heterocycles. The van der Waals surface area contributed by atoms with Crippen molar-refractivity contribution in [3.63, 3.8) is 0 Å². The van der Waals surface area contributed by atoms with E-state index in [0.29, 0.717) is 5.75 Å². The molecular formula is C20H23N3O3S2. The summed E-state index contributed by atoms with van der Waals surface area (Å²) in [6.07, 6.45) is 1.56. The molecule has 2 aromatic heterocycles. The molecule has 1 amide bonds. The van der Waals surface area contributed by atoms with Crippen LogP contribution < -0.4 is 14.8 Å². The molecule has 1 N–H and O–H groups in total. The van der Waals surface area contributed by atoms with Crippen LogP contribution in [0.25, 0.3) is 10.2 Å². The summed E-state index contributed by atoms with van der Waals surface area (Å²) < 4.78 is 10.7. The van der Waals surface area contributed by atoms with Crippen LogP contribution in [0.3, 0.4) is 0 Å². The van der Waals surface area contributed by atoms with E-state index in [1.165, 1.54) is 22.2 Å². The molecule has 0 spiro atoms. The topological polar surface area (TPSA) is 73.3 Å². The van der Waals surface area contributed by atoms with E-state index in [4.69, 9.17) is 9.47 Å². The molecule has 0 saturated heterocycles. The average Bonchev–Trinajstić information content (AvgIpc) is 3.00. The fourth-order valence-electron chi connectivity index (χ4n) is 2.93. The molecule has 1 atom stereocenters. The van der Waals surface area contributed by atoms with Crippen molar-refractivity contribution in [1.82, 2.24) is 15.3 Å². The zero-order valence-corrected chi connectivity index (χ0v) is 18.2. The molecule has 3 rings (SSSR count). The van der Waals surface area contributed by atoms with Crippen molar-refractivity contribution in [3.05, 3.63) is 40.5 Å². The Labute approximate surface area is 172 Å². The molecule has 0 fully saturated rings. The summed E-state index contributed by atoms with van der Waals surface area (Å²) in [5.74, 6) is 1.64. The second kappa shape index (κ2) is 8.79. The minimum Gasteiger partial charge on any atom is -0.497 e. The minimum atomic E-state index is -0.214. The largest absolute Gasteiger partial charge is 0.497 e. The van der Waals surface area contributed by atoms with Crippen LogP contribution in [0, 0.1) is 13.8 Å². The molecule has 0 aliphatic carbocycles. The maximum absolute atomic E-state index is 12.5. The molecule has 0 aliphatic rings. The molecule has 0 bridgehead atoms. The van der Waals surface area contributed by atoms with Crippen molar-refractivity contribution in [2.24, 2.45) is 0 Å². The number of fused-ring (bicyclic) bond motifs is 1. The Kier molecular flexibility index (Phi) is 6.41. The van der Waals surface area contributed by atoms with Gasteiger partial charge in [0, 0.05) is 15.8 Å². The van der Waals surface area contributed by atoms with Crippen molar-refractivity contribution < 1.29 is 14.3 Å². The highest BCUT2D eigenvalue weighted by Crippen LogP contribution is 2.34. The predicted molar refractivity (Wildman–Crippen MR) is 114 cm³/mol. The lowest BCUT2D eigenvalue weighted by atomic mass is 10.1. The third-order valence-electron chi connectivity index (χ3n) is 4.55. The molecule has 6 nitrogen and oxygen atoms in total. The number of aromatic nitrogens is 2. The standard InChI is InChI=1S/C20H23N3O3S2/c1-11-13(3)28-20-18(11)19(21-10-22-20)27-9-17(24)23-12(2)15-8-14(25-4)6-7-16(15)26-5/h6-8,10,12H,9H2,1-5H3,(H,23,24). The van der Waals surface area contributed by atoms with E-state index >= 15 is 0 Å². The number of benzene rings is 1. The number of methoxy groups -OCH3 is 2. The molecule has 8 heteroatoms. The summed E-state index contributed by atoms with van der Waals surface area (Å²) in [7, 11) is 3.23. The van der Waals surface area contributed by atoms with Gasteiger partial charge in [0.2, 0.25) is 5.91 Å².